The highest BCUT2D eigenvalue weighted by Gasteiger charge is 2.50. The van der Waals surface area contributed by atoms with Gasteiger partial charge in [-0.05, 0) is 36.5 Å². The Bertz CT molecular complexity index is 939. The van der Waals surface area contributed by atoms with Crippen LogP contribution in [0.15, 0.2) is 30.3 Å². The van der Waals surface area contributed by atoms with Gasteiger partial charge in [0.15, 0.2) is 5.82 Å². The number of anilines is 1. The van der Waals surface area contributed by atoms with Crippen molar-refractivity contribution in [1.29, 1.82) is 0 Å². The van der Waals surface area contributed by atoms with Crippen molar-refractivity contribution >= 4 is 11.7 Å². The fourth-order valence-corrected chi connectivity index (χ4v) is 5.94. The van der Waals surface area contributed by atoms with Crippen molar-refractivity contribution in [2.24, 2.45) is 10.8 Å². The summed E-state index contributed by atoms with van der Waals surface area (Å²) in [5, 5.41) is 2.95. The molecule has 1 amide bonds. The number of hydrogen-bond donors (Lipinski definition) is 1. The van der Waals surface area contributed by atoms with E-state index in [9.17, 15) is 4.79 Å². The molecule has 0 spiro atoms. The van der Waals surface area contributed by atoms with Crippen molar-refractivity contribution in [2.45, 2.75) is 52.5 Å². The molecule has 2 bridgehead atoms. The van der Waals surface area contributed by atoms with Crippen LogP contribution in [0.25, 0.3) is 11.4 Å². The van der Waals surface area contributed by atoms with Crippen LogP contribution < -0.4 is 10.2 Å². The van der Waals surface area contributed by atoms with Crippen molar-refractivity contribution in [3.8, 4) is 11.4 Å². The highest BCUT2D eigenvalue weighted by molar-refractivity contribution is 5.96. The molecule has 3 heterocycles. The maximum absolute atomic E-state index is 12.6. The topological polar surface area (TPSA) is 58.1 Å². The Balaban J connectivity index is 1.65. The van der Waals surface area contributed by atoms with Crippen molar-refractivity contribution in [1.82, 2.24) is 15.3 Å². The number of carbonyl (C=O) groups is 1. The van der Waals surface area contributed by atoms with E-state index in [1.54, 1.807) is 0 Å². The van der Waals surface area contributed by atoms with Gasteiger partial charge in [-0.25, -0.2) is 9.97 Å². The molecule has 2 aromatic rings. The fourth-order valence-electron chi connectivity index (χ4n) is 5.94. The van der Waals surface area contributed by atoms with Crippen LogP contribution in [-0.4, -0.2) is 35.0 Å². The average molecular weight is 377 g/mol. The van der Waals surface area contributed by atoms with Gasteiger partial charge in [0.2, 0.25) is 0 Å². The SMILES string of the molecule is CC1(C)C[C@@H]2C[C@@](C)(CN2c2nc(-c3ccccc3)nc3c2CCNC3=O)C1. The molecular formula is C23H28N4O. The number of hydrogen-bond acceptors (Lipinski definition) is 4. The molecule has 0 radical (unpaired) electrons. The van der Waals surface area contributed by atoms with Crippen molar-refractivity contribution in [2.75, 3.05) is 18.0 Å². The number of aromatic nitrogens is 2. The lowest BCUT2D eigenvalue weighted by atomic mass is 9.65. The van der Waals surface area contributed by atoms with Gasteiger partial charge in [-0.15, -0.1) is 0 Å². The van der Waals surface area contributed by atoms with Gasteiger partial charge in [-0.3, -0.25) is 4.79 Å². The first-order valence-electron chi connectivity index (χ1n) is 10.3. The van der Waals surface area contributed by atoms with E-state index in [1.807, 2.05) is 30.3 Å². The highest BCUT2D eigenvalue weighted by Crippen LogP contribution is 2.53. The Morgan fingerprint density at radius 3 is 2.68 bits per heavy atom. The summed E-state index contributed by atoms with van der Waals surface area (Å²) >= 11 is 0. The van der Waals surface area contributed by atoms with Gasteiger partial charge in [-0.2, -0.15) is 0 Å². The average Bonchev–Trinajstić information content (AvgIpc) is 2.91. The molecule has 5 rings (SSSR count). The Morgan fingerprint density at radius 2 is 1.89 bits per heavy atom. The third-order valence-corrected chi connectivity index (χ3v) is 6.58. The lowest BCUT2D eigenvalue weighted by Crippen LogP contribution is -2.38. The van der Waals surface area contributed by atoms with Crippen LogP contribution in [0.1, 0.15) is 56.1 Å². The second-order valence-corrected chi connectivity index (χ2v) is 9.91. The lowest BCUT2D eigenvalue weighted by molar-refractivity contribution is 0.0940. The molecular weight excluding hydrogens is 348 g/mol. The molecule has 28 heavy (non-hydrogen) atoms. The van der Waals surface area contributed by atoms with Crippen LogP contribution in [0.3, 0.4) is 0 Å². The third kappa shape index (κ3) is 2.88. The number of rotatable bonds is 2. The molecule has 1 aromatic carbocycles. The van der Waals surface area contributed by atoms with Gasteiger partial charge >= 0.3 is 0 Å². The molecule has 1 saturated heterocycles. The molecule has 3 aliphatic rings. The van der Waals surface area contributed by atoms with Crippen LogP contribution in [-0.2, 0) is 6.42 Å². The monoisotopic (exact) mass is 376 g/mol. The van der Waals surface area contributed by atoms with Gasteiger partial charge < -0.3 is 10.2 Å². The second-order valence-electron chi connectivity index (χ2n) is 9.91. The smallest absolute Gasteiger partial charge is 0.270 e. The van der Waals surface area contributed by atoms with Crippen LogP contribution >= 0.6 is 0 Å². The van der Waals surface area contributed by atoms with E-state index in [4.69, 9.17) is 4.98 Å². The standard InChI is InChI=1S/C23H28N4O/c1-22(2)11-16-12-23(3,13-22)14-27(16)20-17-9-10-24-21(28)18(17)25-19(26-20)15-7-5-4-6-8-15/h4-8,16H,9-14H2,1-3H3,(H,24,28)/t16-,23-/m1/s1. The van der Waals surface area contributed by atoms with E-state index in [2.05, 4.69) is 36.0 Å². The predicted octanol–water partition coefficient (Wildman–Crippen LogP) is 3.83. The first kappa shape index (κ1) is 17.7. The van der Waals surface area contributed by atoms with E-state index >= 15 is 0 Å². The van der Waals surface area contributed by atoms with Crippen LogP contribution in [0.4, 0.5) is 5.82 Å². The molecule has 5 heteroatoms. The van der Waals surface area contributed by atoms with Crippen LogP contribution in [0, 0.1) is 10.8 Å². The summed E-state index contributed by atoms with van der Waals surface area (Å²) in [5.41, 5.74) is 3.20. The molecule has 2 aliphatic heterocycles. The van der Waals surface area contributed by atoms with Crippen molar-refractivity contribution < 1.29 is 4.79 Å². The zero-order chi connectivity index (χ0) is 19.5. The first-order valence-corrected chi connectivity index (χ1v) is 10.3. The molecule has 1 aliphatic carbocycles. The molecule has 1 aromatic heterocycles. The lowest BCUT2D eigenvalue weighted by Gasteiger charge is -2.39. The van der Waals surface area contributed by atoms with Gasteiger partial charge in [0, 0.05) is 30.3 Å². The summed E-state index contributed by atoms with van der Waals surface area (Å²) in [6.45, 7) is 8.87. The maximum atomic E-state index is 12.6. The van der Waals surface area contributed by atoms with Crippen molar-refractivity contribution in [3.05, 3.63) is 41.6 Å². The molecule has 146 valence electrons. The van der Waals surface area contributed by atoms with E-state index in [1.165, 1.54) is 19.3 Å². The van der Waals surface area contributed by atoms with Crippen LogP contribution in [0.5, 0.6) is 0 Å². The molecule has 2 atom stereocenters. The zero-order valence-corrected chi connectivity index (χ0v) is 17.0. The number of carbonyl (C=O) groups excluding carboxylic acids is 1. The summed E-state index contributed by atoms with van der Waals surface area (Å²) in [5.74, 6) is 1.57. The van der Waals surface area contributed by atoms with Gasteiger partial charge in [0.1, 0.15) is 11.5 Å². The molecule has 2 fully saturated rings. The number of benzene rings is 1. The minimum absolute atomic E-state index is 0.0733. The largest absolute Gasteiger partial charge is 0.353 e. The molecule has 1 saturated carbocycles. The Morgan fingerprint density at radius 1 is 1.11 bits per heavy atom. The summed E-state index contributed by atoms with van der Waals surface area (Å²) in [4.78, 5) is 24.8. The summed E-state index contributed by atoms with van der Waals surface area (Å²) in [7, 11) is 0. The fraction of sp³-hybridized carbons (Fsp3) is 0.522. The molecule has 0 unspecified atom stereocenters. The normalized spacial score (nSPS) is 28.0. The van der Waals surface area contributed by atoms with Gasteiger partial charge in [0.05, 0.1) is 0 Å². The minimum Gasteiger partial charge on any atom is -0.353 e. The Kier molecular flexibility index (Phi) is 3.80. The van der Waals surface area contributed by atoms with Crippen molar-refractivity contribution in [3.63, 3.8) is 0 Å². The zero-order valence-electron chi connectivity index (χ0n) is 17.0. The Labute approximate surface area is 166 Å². The number of nitrogens with zero attached hydrogens (tertiary/aromatic N) is 3. The Hall–Kier alpha value is -2.43. The molecule has 5 nitrogen and oxygen atoms in total. The second kappa shape index (κ2) is 6.03. The number of fused-ring (bicyclic) bond motifs is 3. The highest BCUT2D eigenvalue weighted by atomic mass is 16.1. The number of amides is 1. The first-order chi connectivity index (χ1) is 13.3. The summed E-state index contributed by atoms with van der Waals surface area (Å²) in [6.07, 6.45) is 4.43. The van der Waals surface area contributed by atoms with Gasteiger partial charge in [0.25, 0.3) is 5.91 Å². The quantitative estimate of drug-likeness (QED) is 0.865. The van der Waals surface area contributed by atoms with E-state index in [-0.39, 0.29) is 5.91 Å². The third-order valence-electron chi connectivity index (χ3n) is 6.58. The summed E-state index contributed by atoms with van der Waals surface area (Å²) < 4.78 is 0. The van der Waals surface area contributed by atoms with E-state index in [0.717, 1.165) is 29.9 Å². The van der Waals surface area contributed by atoms with Gasteiger partial charge in [-0.1, -0.05) is 51.1 Å². The van der Waals surface area contributed by atoms with E-state index < -0.39 is 0 Å². The minimum atomic E-state index is -0.0733. The van der Waals surface area contributed by atoms with Crippen LogP contribution in [0.2, 0.25) is 0 Å². The summed E-state index contributed by atoms with van der Waals surface area (Å²) in [6, 6.07) is 10.5. The predicted molar refractivity (Wildman–Crippen MR) is 110 cm³/mol. The number of nitrogens with one attached hydrogen (secondary N) is 1. The van der Waals surface area contributed by atoms with E-state index in [0.29, 0.717) is 34.9 Å². The molecule has 1 N–H and O–H groups in total. The maximum Gasteiger partial charge on any atom is 0.270 e.